The van der Waals surface area contributed by atoms with Crippen LogP contribution in [0.2, 0.25) is 5.02 Å². The third kappa shape index (κ3) is 3.24. The summed E-state index contributed by atoms with van der Waals surface area (Å²) in [5.41, 5.74) is 2.39. The lowest BCUT2D eigenvalue weighted by molar-refractivity contribution is 0.102. The summed E-state index contributed by atoms with van der Waals surface area (Å²) < 4.78 is 7.18. The van der Waals surface area contributed by atoms with Crippen LogP contribution in [-0.2, 0) is 13.0 Å². The second-order valence-electron chi connectivity index (χ2n) is 6.48. The van der Waals surface area contributed by atoms with Crippen LogP contribution in [0.1, 0.15) is 41.2 Å². The molecule has 0 saturated carbocycles. The number of aryl methyl sites for hydroxylation is 1. The van der Waals surface area contributed by atoms with Gasteiger partial charge in [-0.2, -0.15) is 0 Å². The topological polar surface area (TPSA) is 73.0 Å². The maximum Gasteiger partial charge on any atom is 0.277 e. The zero-order valence-corrected chi connectivity index (χ0v) is 15.2. The third-order valence-corrected chi connectivity index (χ3v) is 4.81. The Bertz CT molecular complexity index is 943. The molecular weight excluding hydrogens is 352 g/mol. The Balaban J connectivity index is 1.74. The van der Waals surface area contributed by atoms with E-state index in [2.05, 4.69) is 20.0 Å². The average Bonchev–Trinajstić information content (AvgIpc) is 3.10. The van der Waals surface area contributed by atoms with E-state index in [0.717, 1.165) is 49.3 Å². The van der Waals surface area contributed by atoms with Gasteiger partial charge in [0, 0.05) is 23.2 Å². The minimum atomic E-state index is -0.260. The van der Waals surface area contributed by atoms with Gasteiger partial charge in [-0.25, -0.2) is 4.98 Å². The fraction of sp³-hybridized carbons (Fsp3) is 0.316. The third-order valence-electron chi connectivity index (χ3n) is 4.55. The maximum atomic E-state index is 12.8. The molecule has 1 aliphatic heterocycles. The SMILES string of the molecule is Cc1cc(NC(=O)c2nc(-c3ccc(Cl)cc3)n3c2CCCCC3)no1. The molecule has 3 aromatic rings. The molecule has 4 rings (SSSR count). The van der Waals surface area contributed by atoms with Crippen molar-refractivity contribution in [2.45, 2.75) is 39.2 Å². The summed E-state index contributed by atoms with van der Waals surface area (Å²) in [4.78, 5) is 17.5. The molecule has 6 nitrogen and oxygen atoms in total. The predicted molar refractivity (Wildman–Crippen MR) is 99.4 cm³/mol. The summed E-state index contributed by atoms with van der Waals surface area (Å²) in [6, 6.07) is 9.24. The van der Waals surface area contributed by atoms with Crippen molar-refractivity contribution in [2.75, 3.05) is 5.32 Å². The Labute approximate surface area is 156 Å². The number of carbonyl (C=O) groups excluding carboxylic acids is 1. The van der Waals surface area contributed by atoms with E-state index < -0.39 is 0 Å². The second-order valence-corrected chi connectivity index (χ2v) is 6.91. The van der Waals surface area contributed by atoms with Crippen LogP contribution in [0.3, 0.4) is 0 Å². The molecule has 0 aliphatic carbocycles. The van der Waals surface area contributed by atoms with Crippen LogP contribution in [0.15, 0.2) is 34.9 Å². The minimum absolute atomic E-state index is 0.260. The summed E-state index contributed by atoms with van der Waals surface area (Å²) in [5.74, 6) is 1.59. The second kappa shape index (κ2) is 6.96. The van der Waals surface area contributed by atoms with E-state index >= 15 is 0 Å². The molecular formula is C19H19ClN4O2. The normalized spacial score (nSPS) is 13.9. The summed E-state index contributed by atoms with van der Waals surface area (Å²) >= 11 is 6.01. The van der Waals surface area contributed by atoms with Gasteiger partial charge in [-0.15, -0.1) is 0 Å². The first-order chi connectivity index (χ1) is 12.6. The summed E-state index contributed by atoms with van der Waals surface area (Å²) in [6.45, 7) is 2.64. The largest absolute Gasteiger partial charge is 0.360 e. The highest BCUT2D eigenvalue weighted by atomic mass is 35.5. The van der Waals surface area contributed by atoms with Crippen molar-refractivity contribution in [1.29, 1.82) is 0 Å². The molecule has 0 radical (unpaired) electrons. The summed E-state index contributed by atoms with van der Waals surface area (Å²) in [6.07, 6.45) is 4.11. The van der Waals surface area contributed by atoms with Crippen molar-refractivity contribution in [3.8, 4) is 11.4 Å². The van der Waals surface area contributed by atoms with E-state index in [4.69, 9.17) is 16.1 Å². The van der Waals surface area contributed by atoms with Crippen molar-refractivity contribution >= 4 is 23.3 Å². The number of rotatable bonds is 3. The van der Waals surface area contributed by atoms with Crippen molar-refractivity contribution in [3.63, 3.8) is 0 Å². The van der Waals surface area contributed by atoms with Crippen LogP contribution in [0.5, 0.6) is 0 Å². The standard InChI is InChI=1S/C19H19ClN4O2/c1-12-11-16(23-26-12)21-19(25)17-15-5-3-2-4-10-24(15)18(22-17)13-6-8-14(20)9-7-13/h6-9,11H,2-5,10H2,1H3,(H,21,23,25). The van der Waals surface area contributed by atoms with Crippen molar-refractivity contribution in [1.82, 2.24) is 14.7 Å². The van der Waals surface area contributed by atoms with Crippen molar-refractivity contribution in [3.05, 3.63) is 52.5 Å². The monoisotopic (exact) mass is 370 g/mol. The van der Waals surface area contributed by atoms with Crippen LogP contribution < -0.4 is 5.32 Å². The van der Waals surface area contributed by atoms with Gasteiger partial charge in [0.2, 0.25) is 0 Å². The van der Waals surface area contributed by atoms with Gasteiger partial charge in [-0.05, 0) is 50.5 Å². The van der Waals surface area contributed by atoms with Crippen LogP contribution in [0.25, 0.3) is 11.4 Å². The number of hydrogen-bond acceptors (Lipinski definition) is 4. The molecule has 0 saturated heterocycles. The zero-order chi connectivity index (χ0) is 18.1. The van der Waals surface area contributed by atoms with Crippen LogP contribution in [0, 0.1) is 6.92 Å². The number of imidazole rings is 1. The molecule has 1 aromatic carbocycles. The smallest absolute Gasteiger partial charge is 0.277 e. The number of benzene rings is 1. The Hall–Kier alpha value is -2.60. The zero-order valence-electron chi connectivity index (χ0n) is 14.5. The first-order valence-electron chi connectivity index (χ1n) is 8.72. The van der Waals surface area contributed by atoms with E-state index in [1.54, 1.807) is 13.0 Å². The predicted octanol–water partition coefficient (Wildman–Crippen LogP) is 4.48. The van der Waals surface area contributed by atoms with Gasteiger partial charge in [0.05, 0.1) is 5.69 Å². The average molecular weight is 371 g/mol. The Morgan fingerprint density at radius 2 is 2.04 bits per heavy atom. The van der Waals surface area contributed by atoms with Gasteiger partial charge in [-0.3, -0.25) is 4.79 Å². The fourth-order valence-electron chi connectivity index (χ4n) is 3.32. The Morgan fingerprint density at radius 1 is 1.23 bits per heavy atom. The number of anilines is 1. The number of aromatic nitrogens is 3. The van der Waals surface area contributed by atoms with Gasteiger partial charge < -0.3 is 14.4 Å². The lowest BCUT2D eigenvalue weighted by atomic mass is 10.1. The molecule has 134 valence electrons. The van der Waals surface area contributed by atoms with Gasteiger partial charge in [0.1, 0.15) is 17.3 Å². The molecule has 0 bridgehead atoms. The lowest BCUT2D eigenvalue weighted by Gasteiger charge is -2.09. The quantitative estimate of drug-likeness (QED) is 0.737. The molecule has 1 N–H and O–H groups in total. The van der Waals surface area contributed by atoms with Gasteiger partial charge in [0.25, 0.3) is 5.91 Å². The number of amides is 1. The van der Waals surface area contributed by atoms with Crippen molar-refractivity contribution < 1.29 is 9.32 Å². The molecule has 2 aromatic heterocycles. The molecule has 1 aliphatic rings. The van der Waals surface area contributed by atoms with E-state index in [1.807, 2.05) is 24.3 Å². The Morgan fingerprint density at radius 3 is 2.77 bits per heavy atom. The highest BCUT2D eigenvalue weighted by molar-refractivity contribution is 6.30. The fourth-order valence-corrected chi connectivity index (χ4v) is 3.45. The number of halogens is 1. The molecule has 1 amide bonds. The molecule has 26 heavy (non-hydrogen) atoms. The van der Waals surface area contributed by atoms with Crippen LogP contribution >= 0.6 is 11.6 Å². The molecule has 7 heteroatoms. The highest BCUT2D eigenvalue weighted by Crippen LogP contribution is 2.28. The number of nitrogens with one attached hydrogen (secondary N) is 1. The number of nitrogens with zero attached hydrogens (tertiary/aromatic N) is 3. The van der Waals surface area contributed by atoms with Gasteiger partial charge >= 0.3 is 0 Å². The van der Waals surface area contributed by atoms with Crippen molar-refractivity contribution in [2.24, 2.45) is 0 Å². The number of fused-ring (bicyclic) bond motifs is 1. The van der Waals surface area contributed by atoms with E-state index in [9.17, 15) is 4.79 Å². The van der Waals surface area contributed by atoms with Gasteiger partial charge in [-0.1, -0.05) is 23.2 Å². The van der Waals surface area contributed by atoms with Crippen LogP contribution in [0.4, 0.5) is 5.82 Å². The summed E-state index contributed by atoms with van der Waals surface area (Å²) in [7, 11) is 0. The minimum Gasteiger partial charge on any atom is -0.360 e. The number of carbonyl (C=O) groups is 1. The van der Waals surface area contributed by atoms with Gasteiger partial charge in [0.15, 0.2) is 5.82 Å². The van der Waals surface area contributed by atoms with E-state index in [1.165, 1.54) is 0 Å². The first kappa shape index (κ1) is 16.8. The summed E-state index contributed by atoms with van der Waals surface area (Å²) in [5, 5.41) is 7.29. The number of hydrogen-bond donors (Lipinski definition) is 1. The molecule has 3 heterocycles. The van der Waals surface area contributed by atoms with E-state index in [-0.39, 0.29) is 5.91 Å². The molecule has 0 unspecified atom stereocenters. The molecule has 0 spiro atoms. The molecule has 0 fully saturated rings. The van der Waals surface area contributed by atoms with E-state index in [0.29, 0.717) is 22.3 Å². The maximum absolute atomic E-state index is 12.8. The first-order valence-corrected chi connectivity index (χ1v) is 9.09. The lowest BCUT2D eigenvalue weighted by Crippen LogP contribution is -2.15. The molecule has 0 atom stereocenters. The van der Waals surface area contributed by atoms with Crippen LogP contribution in [-0.4, -0.2) is 20.6 Å². The Kier molecular flexibility index (Phi) is 4.51. The highest BCUT2D eigenvalue weighted by Gasteiger charge is 2.24.